The van der Waals surface area contributed by atoms with E-state index in [0.29, 0.717) is 15.2 Å². The van der Waals surface area contributed by atoms with E-state index in [1.807, 2.05) is 0 Å². The molecule has 3 aromatic rings. The van der Waals surface area contributed by atoms with Gasteiger partial charge in [0, 0.05) is 10.6 Å². The quantitative estimate of drug-likeness (QED) is 0.751. The Morgan fingerprint density at radius 2 is 2.04 bits per heavy atom. The third-order valence-electron chi connectivity index (χ3n) is 3.60. The summed E-state index contributed by atoms with van der Waals surface area (Å²) in [5.74, 6) is -2.09. The van der Waals surface area contributed by atoms with Crippen LogP contribution in [0.2, 0.25) is 5.02 Å². The van der Waals surface area contributed by atoms with E-state index in [-0.39, 0.29) is 10.4 Å². The van der Waals surface area contributed by atoms with Gasteiger partial charge in [-0.05, 0) is 43.3 Å². The van der Waals surface area contributed by atoms with E-state index in [1.165, 1.54) is 35.8 Å². The van der Waals surface area contributed by atoms with Crippen LogP contribution in [-0.4, -0.2) is 21.6 Å². The van der Waals surface area contributed by atoms with Gasteiger partial charge in [0.2, 0.25) is 0 Å². The molecule has 2 aromatic carbocycles. The van der Waals surface area contributed by atoms with Crippen molar-refractivity contribution in [3.05, 3.63) is 63.7 Å². The van der Waals surface area contributed by atoms with Gasteiger partial charge >= 0.3 is 5.97 Å². The Balaban J connectivity index is 2.22. The lowest BCUT2D eigenvalue weighted by atomic mass is 10.2. The molecular formula is C17H12ClFN2O3S. The molecule has 0 aliphatic carbocycles. The number of aliphatic carboxylic acids is 1. The molecule has 1 unspecified atom stereocenters. The van der Waals surface area contributed by atoms with Gasteiger partial charge in [0.15, 0.2) is 4.80 Å². The smallest absolute Gasteiger partial charge is 0.326 e. The van der Waals surface area contributed by atoms with E-state index in [4.69, 9.17) is 11.6 Å². The summed E-state index contributed by atoms with van der Waals surface area (Å²) in [6.45, 7) is 1.47. The van der Waals surface area contributed by atoms with Crippen molar-refractivity contribution in [1.29, 1.82) is 0 Å². The average molecular weight is 379 g/mol. The molecule has 0 fully saturated rings. The number of carbonyl (C=O) groups excluding carboxylic acids is 1. The molecule has 0 saturated carbocycles. The van der Waals surface area contributed by atoms with E-state index < -0.39 is 23.7 Å². The molecule has 1 amide bonds. The molecule has 1 heterocycles. The number of benzene rings is 2. The molecule has 0 aliphatic rings. The van der Waals surface area contributed by atoms with Crippen LogP contribution >= 0.6 is 22.9 Å². The fourth-order valence-corrected chi connectivity index (χ4v) is 3.67. The van der Waals surface area contributed by atoms with Gasteiger partial charge in [-0.3, -0.25) is 4.79 Å². The minimum absolute atomic E-state index is 0.181. The number of halogens is 2. The van der Waals surface area contributed by atoms with Crippen molar-refractivity contribution >= 4 is 45.0 Å². The van der Waals surface area contributed by atoms with Crippen molar-refractivity contribution in [2.45, 2.75) is 13.0 Å². The Kier molecular flexibility index (Phi) is 4.69. The van der Waals surface area contributed by atoms with Crippen LogP contribution in [-0.2, 0) is 4.79 Å². The van der Waals surface area contributed by atoms with Crippen molar-refractivity contribution in [3.8, 4) is 0 Å². The third kappa shape index (κ3) is 3.47. The van der Waals surface area contributed by atoms with Crippen molar-refractivity contribution in [3.63, 3.8) is 0 Å². The second kappa shape index (κ2) is 6.78. The topological polar surface area (TPSA) is 71.7 Å². The maximum atomic E-state index is 13.5. The van der Waals surface area contributed by atoms with Crippen molar-refractivity contribution in [2.75, 3.05) is 0 Å². The summed E-state index contributed by atoms with van der Waals surface area (Å²) in [6.07, 6.45) is 0. The lowest BCUT2D eigenvalue weighted by molar-refractivity contribution is -0.140. The SMILES string of the molecule is CC(C(=O)O)n1/c(=N/C(=O)c2cccc(Cl)c2)sc2cc(F)ccc21. The second-order valence-electron chi connectivity index (χ2n) is 5.31. The lowest BCUT2D eigenvalue weighted by Gasteiger charge is -2.09. The van der Waals surface area contributed by atoms with Gasteiger partial charge in [-0.1, -0.05) is 29.0 Å². The molecule has 0 radical (unpaired) electrons. The Hall–Kier alpha value is -2.51. The van der Waals surface area contributed by atoms with Gasteiger partial charge in [-0.2, -0.15) is 4.99 Å². The van der Waals surface area contributed by atoms with Crippen LogP contribution < -0.4 is 4.80 Å². The predicted octanol–water partition coefficient (Wildman–Crippen LogP) is 3.88. The number of amides is 1. The average Bonchev–Trinajstić information content (AvgIpc) is 2.90. The molecule has 25 heavy (non-hydrogen) atoms. The molecular weight excluding hydrogens is 367 g/mol. The Labute approximate surface area is 150 Å². The summed E-state index contributed by atoms with van der Waals surface area (Å²) in [7, 11) is 0. The minimum Gasteiger partial charge on any atom is -0.480 e. The molecule has 1 atom stereocenters. The largest absolute Gasteiger partial charge is 0.480 e. The van der Waals surface area contributed by atoms with Crippen LogP contribution in [0, 0.1) is 5.82 Å². The number of carbonyl (C=O) groups is 2. The second-order valence-corrected chi connectivity index (χ2v) is 6.75. The van der Waals surface area contributed by atoms with Crippen LogP contribution in [0.5, 0.6) is 0 Å². The maximum absolute atomic E-state index is 13.5. The van der Waals surface area contributed by atoms with Gasteiger partial charge in [-0.25, -0.2) is 9.18 Å². The molecule has 5 nitrogen and oxygen atoms in total. The third-order valence-corrected chi connectivity index (χ3v) is 4.85. The highest BCUT2D eigenvalue weighted by Gasteiger charge is 2.19. The molecule has 0 bridgehead atoms. The lowest BCUT2D eigenvalue weighted by Crippen LogP contribution is -2.25. The number of fused-ring (bicyclic) bond motifs is 1. The van der Waals surface area contributed by atoms with Crippen LogP contribution in [0.3, 0.4) is 0 Å². The summed E-state index contributed by atoms with van der Waals surface area (Å²) in [5, 5.41) is 9.74. The highest BCUT2D eigenvalue weighted by Crippen LogP contribution is 2.22. The van der Waals surface area contributed by atoms with Crippen molar-refractivity contribution in [2.24, 2.45) is 4.99 Å². The standard InChI is InChI=1S/C17H12ClFN2O3S/c1-9(16(23)24)21-13-6-5-12(19)8-14(13)25-17(21)20-15(22)10-3-2-4-11(18)7-10/h2-9H,1H3,(H,23,24)/b20-17-. The number of carboxylic acids is 1. The first-order chi connectivity index (χ1) is 11.9. The van der Waals surface area contributed by atoms with Gasteiger partial charge in [0.05, 0.1) is 10.2 Å². The van der Waals surface area contributed by atoms with Crippen LogP contribution in [0.25, 0.3) is 10.2 Å². The number of carboxylic acid groups (broad SMARTS) is 1. The maximum Gasteiger partial charge on any atom is 0.326 e. The van der Waals surface area contributed by atoms with Crippen LogP contribution in [0.1, 0.15) is 23.3 Å². The summed E-state index contributed by atoms with van der Waals surface area (Å²) in [4.78, 5) is 28.0. The zero-order chi connectivity index (χ0) is 18.1. The van der Waals surface area contributed by atoms with Crippen molar-refractivity contribution in [1.82, 2.24) is 4.57 Å². The Bertz CT molecular complexity index is 1060. The van der Waals surface area contributed by atoms with Gasteiger partial charge < -0.3 is 9.67 Å². The molecule has 0 aliphatic heterocycles. The van der Waals surface area contributed by atoms with E-state index in [0.717, 1.165) is 11.3 Å². The summed E-state index contributed by atoms with van der Waals surface area (Å²) in [5.41, 5.74) is 0.782. The first-order valence-corrected chi connectivity index (χ1v) is 8.44. The van der Waals surface area contributed by atoms with Gasteiger partial charge in [0.25, 0.3) is 5.91 Å². The summed E-state index contributed by atoms with van der Waals surface area (Å²) >= 11 is 6.93. The number of thiazole rings is 1. The molecule has 0 saturated heterocycles. The highest BCUT2D eigenvalue weighted by molar-refractivity contribution is 7.16. The van der Waals surface area contributed by atoms with E-state index in [9.17, 15) is 19.1 Å². The molecule has 128 valence electrons. The monoisotopic (exact) mass is 378 g/mol. The Morgan fingerprint density at radius 3 is 2.72 bits per heavy atom. The van der Waals surface area contributed by atoms with Gasteiger partial charge in [-0.15, -0.1) is 0 Å². The van der Waals surface area contributed by atoms with Crippen LogP contribution in [0.4, 0.5) is 4.39 Å². The zero-order valence-corrected chi connectivity index (χ0v) is 14.5. The number of nitrogens with zero attached hydrogens (tertiary/aromatic N) is 2. The molecule has 1 aromatic heterocycles. The van der Waals surface area contributed by atoms with E-state index >= 15 is 0 Å². The molecule has 0 spiro atoms. The first-order valence-electron chi connectivity index (χ1n) is 7.25. The zero-order valence-electron chi connectivity index (χ0n) is 12.9. The molecule has 8 heteroatoms. The fraction of sp³-hybridized carbons (Fsp3) is 0.118. The minimum atomic E-state index is -1.08. The summed E-state index contributed by atoms with van der Waals surface area (Å²) < 4.78 is 15.4. The van der Waals surface area contributed by atoms with Crippen LogP contribution in [0.15, 0.2) is 47.5 Å². The van der Waals surface area contributed by atoms with Crippen molar-refractivity contribution < 1.29 is 19.1 Å². The molecule has 3 rings (SSSR count). The first kappa shape index (κ1) is 17.3. The molecule has 1 N–H and O–H groups in total. The van der Waals surface area contributed by atoms with Gasteiger partial charge in [0.1, 0.15) is 11.9 Å². The predicted molar refractivity (Wildman–Crippen MR) is 93.5 cm³/mol. The van der Waals surface area contributed by atoms with E-state index in [1.54, 1.807) is 18.2 Å². The highest BCUT2D eigenvalue weighted by atomic mass is 35.5. The van der Waals surface area contributed by atoms with E-state index in [2.05, 4.69) is 4.99 Å². The Morgan fingerprint density at radius 1 is 1.28 bits per heavy atom. The normalized spacial score (nSPS) is 13.2. The fourth-order valence-electron chi connectivity index (χ4n) is 2.35. The number of hydrogen-bond acceptors (Lipinski definition) is 3. The number of hydrogen-bond donors (Lipinski definition) is 1. The number of aromatic nitrogens is 1. The summed E-state index contributed by atoms with van der Waals surface area (Å²) in [6, 6.07) is 9.33. The number of rotatable bonds is 3.